The fourth-order valence-corrected chi connectivity index (χ4v) is 1.70. The molecule has 1 N–H and O–H groups in total. The highest BCUT2D eigenvalue weighted by molar-refractivity contribution is 5.53. The number of fused-ring (bicyclic) bond motifs is 1. The van der Waals surface area contributed by atoms with E-state index in [4.69, 9.17) is 5.26 Å². The zero-order valence-electron chi connectivity index (χ0n) is 9.19. The van der Waals surface area contributed by atoms with Gasteiger partial charge >= 0.3 is 0 Å². The summed E-state index contributed by atoms with van der Waals surface area (Å²) in [6.45, 7) is 4.14. The van der Waals surface area contributed by atoms with Crippen LogP contribution in [0.2, 0.25) is 0 Å². The molecule has 2 rings (SSSR count). The predicted molar refractivity (Wildman–Crippen MR) is 59.1 cm³/mol. The van der Waals surface area contributed by atoms with Crippen LogP contribution in [0.3, 0.4) is 0 Å². The monoisotopic (exact) mass is 216 g/mol. The third-order valence-corrected chi connectivity index (χ3v) is 2.32. The van der Waals surface area contributed by atoms with Crippen molar-refractivity contribution >= 4 is 5.65 Å². The summed E-state index contributed by atoms with van der Waals surface area (Å²) in [5.74, 6) is 0.430. The van der Waals surface area contributed by atoms with Gasteiger partial charge in [0.25, 0.3) is 5.56 Å². The average Bonchev–Trinajstić information content (AvgIpc) is 2.59. The van der Waals surface area contributed by atoms with Crippen LogP contribution in [-0.2, 0) is 6.42 Å². The molecule has 0 unspecified atom stereocenters. The Bertz CT molecular complexity index is 615. The van der Waals surface area contributed by atoms with Crippen molar-refractivity contribution in [1.82, 2.24) is 14.6 Å². The van der Waals surface area contributed by atoms with Crippen LogP contribution in [0.25, 0.3) is 5.65 Å². The molecule has 0 aromatic carbocycles. The minimum Gasteiger partial charge on any atom is -0.306 e. The van der Waals surface area contributed by atoms with Crippen molar-refractivity contribution < 1.29 is 0 Å². The van der Waals surface area contributed by atoms with E-state index in [1.807, 2.05) is 6.07 Å². The van der Waals surface area contributed by atoms with Crippen LogP contribution in [0.1, 0.15) is 25.1 Å². The van der Waals surface area contributed by atoms with Gasteiger partial charge < -0.3 is 4.98 Å². The smallest absolute Gasteiger partial charge is 0.251 e. The molecule has 0 aliphatic carbocycles. The number of H-pyrrole nitrogens is 1. The standard InChI is InChI=1S/C11H12N4O/c1-7(2)3-9-4-10(16)14-11-8(5-12)6-13-15(9)11/h4,6-7H,3H2,1-2H3,(H,14,16). The van der Waals surface area contributed by atoms with E-state index in [2.05, 4.69) is 23.9 Å². The SMILES string of the molecule is CC(C)Cc1cc(=O)[nH]c2c(C#N)cnn12. The van der Waals surface area contributed by atoms with Crippen LogP contribution in [0.15, 0.2) is 17.1 Å². The molecule has 2 aromatic rings. The first-order chi connectivity index (χ1) is 7.61. The van der Waals surface area contributed by atoms with E-state index in [-0.39, 0.29) is 5.56 Å². The van der Waals surface area contributed by atoms with Gasteiger partial charge in [0.05, 0.1) is 11.9 Å². The average molecular weight is 216 g/mol. The molecule has 16 heavy (non-hydrogen) atoms. The molecule has 0 aliphatic rings. The Morgan fingerprint density at radius 1 is 1.62 bits per heavy atom. The van der Waals surface area contributed by atoms with Crippen molar-refractivity contribution in [3.8, 4) is 6.07 Å². The molecule has 0 fully saturated rings. The van der Waals surface area contributed by atoms with Crippen molar-refractivity contribution in [3.05, 3.63) is 33.9 Å². The van der Waals surface area contributed by atoms with Gasteiger partial charge in [0.2, 0.25) is 0 Å². The summed E-state index contributed by atoms with van der Waals surface area (Å²) in [6, 6.07) is 3.53. The van der Waals surface area contributed by atoms with Gasteiger partial charge in [-0.25, -0.2) is 4.52 Å². The minimum absolute atomic E-state index is 0.194. The quantitative estimate of drug-likeness (QED) is 0.816. The van der Waals surface area contributed by atoms with Gasteiger partial charge in [-0.3, -0.25) is 4.79 Å². The zero-order valence-corrected chi connectivity index (χ0v) is 9.19. The summed E-state index contributed by atoms with van der Waals surface area (Å²) >= 11 is 0. The number of rotatable bonds is 2. The van der Waals surface area contributed by atoms with Crippen LogP contribution in [0.4, 0.5) is 0 Å². The maximum absolute atomic E-state index is 11.4. The van der Waals surface area contributed by atoms with Crippen LogP contribution in [0.5, 0.6) is 0 Å². The summed E-state index contributed by atoms with van der Waals surface area (Å²) in [7, 11) is 0. The molecule has 0 aliphatic heterocycles. The van der Waals surface area contributed by atoms with Gasteiger partial charge in [0.15, 0.2) is 5.65 Å². The fraction of sp³-hybridized carbons (Fsp3) is 0.364. The molecule has 2 heterocycles. The molecule has 0 saturated carbocycles. The topological polar surface area (TPSA) is 73.9 Å². The van der Waals surface area contributed by atoms with Crippen molar-refractivity contribution in [1.29, 1.82) is 5.26 Å². The third kappa shape index (κ3) is 1.70. The summed E-state index contributed by atoms with van der Waals surface area (Å²) in [6.07, 6.45) is 2.22. The molecule has 0 amide bonds. The molecule has 0 atom stereocenters. The van der Waals surface area contributed by atoms with Gasteiger partial charge in [-0.15, -0.1) is 0 Å². The lowest BCUT2D eigenvalue weighted by atomic mass is 10.1. The lowest BCUT2D eigenvalue weighted by molar-refractivity contribution is 0.618. The second-order valence-electron chi connectivity index (χ2n) is 4.15. The zero-order chi connectivity index (χ0) is 11.7. The first-order valence-electron chi connectivity index (χ1n) is 5.12. The van der Waals surface area contributed by atoms with Crippen LogP contribution >= 0.6 is 0 Å². The Balaban J connectivity index is 2.70. The fourth-order valence-electron chi connectivity index (χ4n) is 1.70. The molecule has 5 heteroatoms. The van der Waals surface area contributed by atoms with Gasteiger partial charge in [0, 0.05) is 6.07 Å². The molecule has 0 bridgehead atoms. The van der Waals surface area contributed by atoms with E-state index in [1.54, 1.807) is 4.52 Å². The summed E-state index contributed by atoms with van der Waals surface area (Å²) < 4.78 is 1.62. The summed E-state index contributed by atoms with van der Waals surface area (Å²) in [4.78, 5) is 14.1. The van der Waals surface area contributed by atoms with Gasteiger partial charge in [-0.2, -0.15) is 10.4 Å². The summed E-state index contributed by atoms with van der Waals surface area (Å²) in [5.41, 5.74) is 1.50. The van der Waals surface area contributed by atoms with Crippen LogP contribution < -0.4 is 5.56 Å². The Morgan fingerprint density at radius 2 is 2.38 bits per heavy atom. The largest absolute Gasteiger partial charge is 0.306 e. The molecule has 2 aromatic heterocycles. The predicted octanol–water partition coefficient (Wildman–Crippen LogP) is 1.09. The maximum Gasteiger partial charge on any atom is 0.251 e. The second-order valence-corrected chi connectivity index (χ2v) is 4.15. The number of nitriles is 1. The lowest BCUT2D eigenvalue weighted by Crippen LogP contribution is -2.13. The molecular formula is C11H12N4O. The van der Waals surface area contributed by atoms with E-state index < -0.39 is 0 Å². The molecule has 0 saturated heterocycles. The van der Waals surface area contributed by atoms with E-state index in [9.17, 15) is 4.79 Å². The number of hydrogen-bond donors (Lipinski definition) is 1. The van der Waals surface area contributed by atoms with E-state index >= 15 is 0 Å². The highest BCUT2D eigenvalue weighted by atomic mass is 16.1. The maximum atomic E-state index is 11.4. The number of nitrogens with zero attached hydrogens (tertiary/aromatic N) is 3. The van der Waals surface area contributed by atoms with E-state index in [1.165, 1.54) is 12.3 Å². The van der Waals surface area contributed by atoms with E-state index in [0.717, 1.165) is 12.1 Å². The third-order valence-electron chi connectivity index (χ3n) is 2.32. The van der Waals surface area contributed by atoms with Crippen LogP contribution in [0, 0.1) is 17.2 Å². The minimum atomic E-state index is -0.194. The number of nitrogens with one attached hydrogen (secondary N) is 1. The van der Waals surface area contributed by atoms with Crippen molar-refractivity contribution in [2.45, 2.75) is 20.3 Å². The Hall–Kier alpha value is -2.09. The highest BCUT2D eigenvalue weighted by Crippen LogP contribution is 2.10. The Morgan fingerprint density at radius 3 is 3.00 bits per heavy atom. The Kier molecular flexibility index (Phi) is 2.49. The number of aromatic amines is 1. The van der Waals surface area contributed by atoms with E-state index in [0.29, 0.717) is 17.1 Å². The molecule has 5 nitrogen and oxygen atoms in total. The van der Waals surface area contributed by atoms with Gasteiger partial charge in [-0.05, 0) is 12.3 Å². The Labute approximate surface area is 92.3 Å². The van der Waals surface area contributed by atoms with Gasteiger partial charge in [0.1, 0.15) is 11.6 Å². The molecule has 0 spiro atoms. The lowest BCUT2D eigenvalue weighted by Gasteiger charge is -2.06. The van der Waals surface area contributed by atoms with Gasteiger partial charge in [-0.1, -0.05) is 13.8 Å². The van der Waals surface area contributed by atoms with Crippen molar-refractivity contribution in [2.75, 3.05) is 0 Å². The number of aromatic nitrogens is 3. The molecular weight excluding hydrogens is 204 g/mol. The first-order valence-corrected chi connectivity index (χ1v) is 5.12. The highest BCUT2D eigenvalue weighted by Gasteiger charge is 2.09. The molecule has 0 radical (unpaired) electrons. The number of hydrogen-bond acceptors (Lipinski definition) is 3. The normalized spacial score (nSPS) is 10.9. The molecule has 82 valence electrons. The van der Waals surface area contributed by atoms with Crippen molar-refractivity contribution in [2.24, 2.45) is 5.92 Å². The summed E-state index contributed by atoms with van der Waals surface area (Å²) in [5, 5.41) is 13.0. The van der Waals surface area contributed by atoms with Crippen LogP contribution in [-0.4, -0.2) is 14.6 Å². The second kappa shape index (κ2) is 3.81. The first kappa shape index (κ1) is 10.4. The van der Waals surface area contributed by atoms with Crippen molar-refractivity contribution in [3.63, 3.8) is 0 Å².